The number of anilines is 3. The first-order valence-electron chi connectivity index (χ1n) is 11.4. The largest absolute Gasteiger partial charge is 0.489 e. The first-order valence-corrected chi connectivity index (χ1v) is 11.4. The van der Waals surface area contributed by atoms with Crippen molar-refractivity contribution in [3.8, 4) is 5.75 Å². The van der Waals surface area contributed by atoms with Gasteiger partial charge in [0.15, 0.2) is 5.82 Å². The molecule has 1 saturated heterocycles. The maximum absolute atomic E-state index is 12.9. The summed E-state index contributed by atoms with van der Waals surface area (Å²) in [4.78, 5) is 29.4. The van der Waals surface area contributed by atoms with Crippen molar-refractivity contribution < 1.29 is 27.8 Å². The molecule has 1 amide bonds. The van der Waals surface area contributed by atoms with Crippen molar-refractivity contribution in [3.05, 3.63) is 29.7 Å². The van der Waals surface area contributed by atoms with Crippen molar-refractivity contribution in [1.82, 2.24) is 15.0 Å². The van der Waals surface area contributed by atoms with Gasteiger partial charge >= 0.3 is 6.18 Å². The van der Waals surface area contributed by atoms with Gasteiger partial charge in [0, 0.05) is 38.4 Å². The molecule has 0 unspecified atom stereocenters. The van der Waals surface area contributed by atoms with Crippen LogP contribution in [0, 0.1) is 0 Å². The average Bonchev–Trinajstić information content (AvgIpc) is 3.17. The quantitative estimate of drug-likeness (QED) is 0.692. The number of alkyl halides is 3. The minimum atomic E-state index is -4.48. The van der Waals surface area contributed by atoms with Gasteiger partial charge in [0.1, 0.15) is 29.3 Å². The lowest BCUT2D eigenvalue weighted by molar-refractivity contribution is -0.141. The standard InChI is InChI=1S/C22H23F3N6O3/c23-22(24,25)17-4-3-13(9-26-17)34-14-6-11(7-14)27-21-28-15-2-1-5-30-18(15)19(29-21)31-10-12(32)8-16(31)20(30)33/h3-4,9,11-12,14,16,32H,1-2,5-8,10H2,(H,27,28,29)/t11?,12-,14?,16-/m0/s1. The Morgan fingerprint density at radius 3 is 2.74 bits per heavy atom. The first kappa shape index (κ1) is 21.4. The number of ether oxygens (including phenoxy) is 1. The number of halogens is 3. The average molecular weight is 476 g/mol. The Hall–Kier alpha value is -3.15. The van der Waals surface area contributed by atoms with E-state index >= 15 is 0 Å². The Labute approximate surface area is 193 Å². The molecule has 2 N–H and O–H groups in total. The highest BCUT2D eigenvalue weighted by Crippen LogP contribution is 2.43. The number of aromatic nitrogens is 3. The van der Waals surface area contributed by atoms with Gasteiger partial charge in [0.05, 0.1) is 18.0 Å². The number of rotatable bonds is 4. The molecule has 180 valence electrons. The highest BCUT2D eigenvalue weighted by atomic mass is 19.4. The summed E-state index contributed by atoms with van der Waals surface area (Å²) in [5, 5.41) is 13.5. The van der Waals surface area contributed by atoms with Crippen LogP contribution < -0.4 is 19.9 Å². The van der Waals surface area contributed by atoms with E-state index in [0.717, 1.165) is 36.5 Å². The van der Waals surface area contributed by atoms with Gasteiger partial charge in [0.2, 0.25) is 11.9 Å². The number of carbonyl (C=O) groups is 1. The third-order valence-electron chi connectivity index (χ3n) is 6.86. The molecule has 2 atom stereocenters. The number of nitrogens with one attached hydrogen (secondary N) is 1. The summed E-state index contributed by atoms with van der Waals surface area (Å²) in [6.07, 6.45) is -0.827. The number of aryl methyl sites for hydroxylation is 1. The third-order valence-corrected chi connectivity index (χ3v) is 6.86. The topological polar surface area (TPSA) is 104 Å². The van der Waals surface area contributed by atoms with E-state index in [9.17, 15) is 23.1 Å². The minimum absolute atomic E-state index is 0.00560. The van der Waals surface area contributed by atoms with Crippen LogP contribution in [0.5, 0.6) is 5.75 Å². The van der Waals surface area contributed by atoms with Gasteiger partial charge in [-0.3, -0.25) is 4.79 Å². The number of aliphatic hydroxyl groups excluding tert-OH is 1. The zero-order valence-electron chi connectivity index (χ0n) is 18.1. The Morgan fingerprint density at radius 1 is 1.18 bits per heavy atom. The fourth-order valence-corrected chi connectivity index (χ4v) is 5.17. The lowest BCUT2D eigenvalue weighted by Gasteiger charge is -2.41. The fourth-order valence-electron chi connectivity index (χ4n) is 5.17. The molecule has 12 heteroatoms. The molecule has 2 aromatic rings. The van der Waals surface area contributed by atoms with E-state index in [1.165, 1.54) is 6.07 Å². The normalized spacial score (nSPS) is 27.7. The summed E-state index contributed by atoms with van der Waals surface area (Å²) in [5.74, 6) is 1.47. The van der Waals surface area contributed by atoms with Gasteiger partial charge in [-0.1, -0.05) is 0 Å². The number of hydrogen-bond acceptors (Lipinski definition) is 8. The number of amides is 1. The lowest BCUT2D eigenvalue weighted by atomic mass is 9.89. The number of pyridine rings is 1. The predicted molar refractivity (Wildman–Crippen MR) is 115 cm³/mol. The second-order valence-electron chi connectivity index (χ2n) is 9.25. The summed E-state index contributed by atoms with van der Waals surface area (Å²) in [6, 6.07) is 1.85. The maximum atomic E-state index is 12.9. The summed E-state index contributed by atoms with van der Waals surface area (Å²) >= 11 is 0. The number of fused-ring (bicyclic) bond motifs is 2. The Bertz CT molecular complexity index is 1120. The van der Waals surface area contributed by atoms with Crippen LogP contribution in [0.15, 0.2) is 18.3 Å². The number of hydrogen-bond donors (Lipinski definition) is 2. The minimum Gasteiger partial charge on any atom is -0.489 e. The molecule has 2 aromatic heterocycles. The van der Waals surface area contributed by atoms with Crippen LogP contribution in [0.3, 0.4) is 0 Å². The van der Waals surface area contributed by atoms with Crippen molar-refractivity contribution in [3.63, 3.8) is 0 Å². The van der Waals surface area contributed by atoms with Crippen LogP contribution in [0.2, 0.25) is 0 Å². The summed E-state index contributed by atoms with van der Waals surface area (Å²) in [7, 11) is 0. The van der Waals surface area contributed by atoms with Crippen LogP contribution in [-0.4, -0.2) is 63.3 Å². The smallest absolute Gasteiger partial charge is 0.433 e. The van der Waals surface area contributed by atoms with Gasteiger partial charge in [-0.25, -0.2) is 9.97 Å². The monoisotopic (exact) mass is 476 g/mol. The van der Waals surface area contributed by atoms with Crippen molar-refractivity contribution in [2.24, 2.45) is 0 Å². The van der Waals surface area contributed by atoms with Crippen LogP contribution in [0.1, 0.15) is 37.1 Å². The molecule has 34 heavy (non-hydrogen) atoms. The maximum Gasteiger partial charge on any atom is 0.433 e. The van der Waals surface area contributed by atoms with Gasteiger partial charge in [-0.05, 0) is 25.0 Å². The van der Waals surface area contributed by atoms with E-state index in [4.69, 9.17) is 9.72 Å². The molecule has 6 rings (SSSR count). The lowest BCUT2D eigenvalue weighted by Crippen LogP contribution is -2.53. The van der Waals surface area contributed by atoms with Crippen LogP contribution in [-0.2, 0) is 17.4 Å². The van der Waals surface area contributed by atoms with Crippen LogP contribution >= 0.6 is 0 Å². The van der Waals surface area contributed by atoms with E-state index in [2.05, 4.69) is 15.3 Å². The summed E-state index contributed by atoms with van der Waals surface area (Å²) < 4.78 is 43.7. The van der Waals surface area contributed by atoms with Crippen molar-refractivity contribution in [2.45, 2.75) is 62.6 Å². The number of aliphatic hydroxyl groups is 1. The number of nitrogens with zero attached hydrogens (tertiary/aromatic N) is 5. The molecule has 3 aliphatic heterocycles. The number of carbonyl (C=O) groups excluding carboxylic acids is 1. The molecular formula is C22H23F3N6O3. The Kier molecular flexibility index (Phi) is 4.84. The zero-order valence-corrected chi connectivity index (χ0v) is 18.1. The summed E-state index contributed by atoms with van der Waals surface area (Å²) in [5.41, 5.74) is 0.640. The van der Waals surface area contributed by atoms with Gasteiger partial charge in [0.25, 0.3) is 0 Å². The van der Waals surface area contributed by atoms with E-state index in [-0.39, 0.29) is 18.1 Å². The van der Waals surface area contributed by atoms with Crippen LogP contribution in [0.4, 0.5) is 30.6 Å². The molecule has 5 heterocycles. The summed E-state index contributed by atoms with van der Waals surface area (Å²) in [6.45, 7) is 1.00. The molecule has 2 fully saturated rings. The zero-order chi connectivity index (χ0) is 23.6. The predicted octanol–water partition coefficient (Wildman–Crippen LogP) is 2.14. The highest BCUT2D eigenvalue weighted by molar-refractivity contribution is 6.06. The molecule has 9 nitrogen and oxygen atoms in total. The van der Waals surface area contributed by atoms with Crippen molar-refractivity contribution in [2.75, 3.05) is 28.2 Å². The van der Waals surface area contributed by atoms with Gasteiger partial charge in [-0.2, -0.15) is 18.2 Å². The van der Waals surface area contributed by atoms with Crippen LogP contribution in [0.25, 0.3) is 0 Å². The SMILES string of the molecule is O=C1[C@@H]2C[C@H](O)CN2c2nc(NC3CC(Oc4ccc(C(F)(F)F)nc4)C3)nc3c2N1CCC3. The molecule has 0 spiro atoms. The molecule has 0 aromatic carbocycles. The van der Waals surface area contributed by atoms with E-state index in [0.29, 0.717) is 49.9 Å². The second kappa shape index (κ2) is 7.69. The van der Waals surface area contributed by atoms with E-state index in [1.54, 1.807) is 4.90 Å². The Balaban J connectivity index is 1.14. The molecule has 1 aliphatic carbocycles. The van der Waals surface area contributed by atoms with Crippen molar-refractivity contribution in [1.29, 1.82) is 0 Å². The third kappa shape index (κ3) is 3.60. The Morgan fingerprint density at radius 2 is 2.00 bits per heavy atom. The second-order valence-corrected chi connectivity index (χ2v) is 9.25. The molecule has 0 radical (unpaired) electrons. The van der Waals surface area contributed by atoms with Gasteiger partial charge < -0.3 is 25.0 Å². The van der Waals surface area contributed by atoms with E-state index < -0.39 is 24.0 Å². The molecule has 4 aliphatic rings. The first-order chi connectivity index (χ1) is 16.3. The highest BCUT2D eigenvalue weighted by Gasteiger charge is 2.47. The van der Waals surface area contributed by atoms with Crippen molar-refractivity contribution >= 4 is 23.4 Å². The van der Waals surface area contributed by atoms with E-state index in [1.807, 2.05) is 4.90 Å². The fraction of sp³-hybridized carbons (Fsp3) is 0.545. The van der Waals surface area contributed by atoms with Gasteiger partial charge in [-0.15, -0.1) is 0 Å². The molecule has 1 saturated carbocycles. The molecule has 0 bridgehead atoms. The molecular weight excluding hydrogens is 453 g/mol.